The summed E-state index contributed by atoms with van der Waals surface area (Å²) in [4.78, 5) is 12.9. The third-order valence-electron chi connectivity index (χ3n) is 5.26. The fraction of sp³-hybridized carbons (Fsp3) is 0.231. The van der Waals surface area contributed by atoms with Crippen LogP contribution in [-0.4, -0.2) is 15.7 Å². The monoisotopic (exact) mass is 429 g/mol. The van der Waals surface area contributed by atoms with E-state index < -0.39 is 0 Å². The molecule has 2 heterocycles. The molecule has 0 aliphatic rings. The van der Waals surface area contributed by atoms with Crippen molar-refractivity contribution in [2.45, 2.75) is 40.0 Å². The van der Waals surface area contributed by atoms with Gasteiger partial charge in [0.15, 0.2) is 0 Å². The van der Waals surface area contributed by atoms with E-state index in [0.29, 0.717) is 31.7 Å². The van der Waals surface area contributed by atoms with E-state index in [1.807, 2.05) is 79.2 Å². The Morgan fingerprint density at radius 2 is 1.88 bits per heavy atom. The molecule has 0 aliphatic heterocycles. The molecule has 2 aromatic carbocycles. The number of rotatable bonds is 9. The third-order valence-corrected chi connectivity index (χ3v) is 5.26. The molecule has 164 valence electrons. The number of hydrogen-bond acceptors (Lipinski definition) is 4. The zero-order valence-electron chi connectivity index (χ0n) is 18.4. The van der Waals surface area contributed by atoms with Crippen LogP contribution in [0.2, 0.25) is 0 Å². The van der Waals surface area contributed by atoms with Crippen LogP contribution < -0.4 is 5.32 Å². The predicted molar refractivity (Wildman–Crippen MR) is 122 cm³/mol. The van der Waals surface area contributed by atoms with Crippen molar-refractivity contribution in [3.05, 3.63) is 107 Å². The number of benzene rings is 2. The number of aromatic nitrogens is 2. The van der Waals surface area contributed by atoms with E-state index in [1.54, 1.807) is 12.5 Å². The molecule has 6 nitrogen and oxygen atoms in total. The van der Waals surface area contributed by atoms with E-state index in [9.17, 15) is 4.79 Å². The molecule has 4 aromatic rings. The first kappa shape index (κ1) is 21.6. The van der Waals surface area contributed by atoms with Crippen molar-refractivity contribution >= 4 is 5.91 Å². The van der Waals surface area contributed by atoms with Gasteiger partial charge in [-0.3, -0.25) is 4.79 Å². The van der Waals surface area contributed by atoms with Crippen LogP contribution in [-0.2, 0) is 30.9 Å². The first-order chi connectivity index (χ1) is 15.6. The van der Waals surface area contributed by atoms with Crippen LogP contribution in [0.15, 0.2) is 77.5 Å². The van der Waals surface area contributed by atoms with Gasteiger partial charge in [0.2, 0.25) is 0 Å². The minimum atomic E-state index is -0.125. The molecule has 0 fully saturated rings. The molecule has 0 atom stereocenters. The molecule has 0 unspecified atom stereocenters. The quantitative estimate of drug-likeness (QED) is 0.407. The summed E-state index contributed by atoms with van der Waals surface area (Å²) in [6.45, 7) is 5.42. The zero-order valence-corrected chi connectivity index (χ0v) is 18.4. The maximum absolute atomic E-state index is 12.9. The van der Waals surface area contributed by atoms with E-state index in [1.165, 1.54) is 5.56 Å². The van der Waals surface area contributed by atoms with Gasteiger partial charge < -0.3 is 14.5 Å². The van der Waals surface area contributed by atoms with Gasteiger partial charge in [-0.25, -0.2) is 4.68 Å². The van der Waals surface area contributed by atoms with Crippen LogP contribution in [0.3, 0.4) is 0 Å². The number of carbonyl (C=O) groups is 1. The number of furan rings is 1. The second-order valence-corrected chi connectivity index (χ2v) is 7.68. The van der Waals surface area contributed by atoms with Gasteiger partial charge in [0.1, 0.15) is 12.4 Å². The number of ether oxygens (including phenoxy) is 1. The fourth-order valence-corrected chi connectivity index (χ4v) is 3.58. The van der Waals surface area contributed by atoms with Gasteiger partial charge in [-0.05, 0) is 48.7 Å². The molecule has 2 aromatic heterocycles. The average molecular weight is 430 g/mol. The molecule has 1 N–H and O–H groups in total. The van der Waals surface area contributed by atoms with E-state index in [4.69, 9.17) is 9.15 Å². The molecular formula is C26H27N3O3. The van der Waals surface area contributed by atoms with Crippen molar-refractivity contribution in [2.24, 2.45) is 0 Å². The van der Waals surface area contributed by atoms with Gasteiger partial charge in [0, 0.05) is 6.54 Å². The normalized spacial score (nSPS) is 10.9. The summed E-state index contributed by atoms with van der Waals surface area (Å²) >= 11 is 0. The Bertz CT molecular complexity index is 1160. The Morgan fingerprint density at radius 1 is 1.06 bits per heavy atom. The van der Waals surface area contributed by atoms with Gasteiger partial charge in [0.25, 0.3) is 5.91 Å². The molecule has 1 amide bonds. The fourth-order valence-electron chi connectivity index (χ4n) is 3.58. The van der Waals surface area contributed by atoms with Crippen LogP contribution in [0, 0.1) is 6.92 Å². The lowest BCUT2D eigenvalue weighted by Crippen LogP contribution is -2.23. The number of nitrogens with one attached hydrogen (secondary N) is 1. The maximum atomic E-state index is 12.9. The van der Waals surface area contributed by atoms with E-state index >= 15 is 0 Å². The SMILES string of the molecule is CCc1c(C(=O)NCc2cccc(COCc3ccco3)c2)cnn1-c1ccc(C)cc1. The Hall–Kier alpha value is -3.64. The van der Waals surface area contributed by atoms with Crippen molar-refractivity contribution < 1.29 is 13.9 Å². The summed E-state index contributed by atoms with van der Waals surface area (Å²) in [5.41, 5.74) is 5.70. The largest absolute Gasteiger partial charge is 0.467 e. The maximum Gasteiger partial charge on any atom is 0.255 e. The summed E-state index contributed by atoms with van der Waals surface area (Å²) < 4.78 is 12.8. The van der Waals surface area contributed by atoms with Gasteiger partial charge in [0.05, 0.1) is 36.0 Å². The second kappa shape index (κ2) is 10.1. The summed E-state index contributed by atoms with van der Waals surface area (Å²) in [5, 5.41) is 7.49. The molecule has 6 heteroatoms. The lowest BCUT2D eigenvalue weighted by molar-refractivity contribution is 0.0928. The van der Waals surface area contributed by atoms with Crippen molar-refractivity contribution in [3.63, 3.8) is 0 Å². The second-order valence-electron chi connectivity index (χ2n) is 7.68. The molecule has 0 spiro atoms. The van der Waals surface area contributed by atoms with Gasteiger partial charge >= 0.3 is 0 Å². The smallest absolute Gasteiger partial charge is 0.255 e. The van der Waals surface area contributed by atoms with E-state index in [2.05, 4.69) is 10.4 Å². The van der Waals surface area contributed by atoms with Crippen LogP contribution >= 0.6 is 0 Å². The lowest BCUT2D eigenvalue weighted by Gasteiger charge is -2.10. The first-order valence-electron chi connectivity index (χ1n) is 10.7. The highest BCUT2D eigenvalue weighted by Crippen LogP contribution is 2.17. The number of hydrogen-bond donors (Lipinski definition) is 1. The Morgan fingerprint density at radius 3 is 2.62 bits per heavy atom. The molecule has 0 radical (unpaired) electrons. The molecular weight excluding hydrogens is 402 g/mol. The average Bonchev–Trinajstić information content (AvgIpc) is 3.48. The molecule has 0 bridgehead atoms. The van der Waals surface area contributed by atoms with E-state index in [-0.39, 0.29) is 5.91 Å². The minimum Gasteiger partial charge on any atom is -0.467 e. The van der Waals surface area contributed by atoms with Crippen molar-refractivity contribution in [3.8, 4) is 5.69 Å². The third kappa shape index (κ3) is 5.15. The number of aryl methyl sites for hydroxylation is 1. The molecule has 32 heavy (non-hydrogen) atoms. The van der Waals surface area contributed by atoms with Crippen molar-refractivity contribution in [1.82, 2.24) is 15.1 Å². The molecule has 4 rings (SSSR count). The minimum absolute atomic E-state index is 0.125. The van der Waals surface area contributed by atoms with Gasteiger partial charge in [-0.15, -0.1) is 0 Å². The summed E-state index contributed by atoms with van der Waals surface area (Å²) in [5.74, 6) is 0.672. The van der Waals surface area contributed by atoms with Gasteiger partial charge in [-0.2, -0.15) is 5.10 Å². The van der Waals surface area contributed by atoms with Gasteiger partial charge in [-0.1, -0.05) is 48.9 Å². The molecule has 0 saturated carbocycles. The lowest BCUT2D eigenvalue weighted by atomic mass is 10.1. The number of amides is 1. The Kier molecular flexibility index (Phi) is 6.82. The highest BCUT2D eigenvalue weighted by Gasteiger charge is 2.17. The topological polar surface area (TPSA) is 69.3 Å². The van der Waals surface area contributed by atoms with Crippen LogP contribution in [0.1, 0.15) is 45.4 Å². The van der Waals surface area contributed by atoms with Crippen LogP contribution in [0.25, 0.3) is 5.69 Å². The standard InChI is InChI=1S/C26H27N3O3/c1-3-25-24(16-28-29(25)22-11-9-19(2)10-12-22)26(30)27-15-20-6-4-7-21(14-20)17-31-18-23-8-5-13-32-23/h4-14,16H,3,15,17-18H2,1-2H3,(H,27,30). The predicted octanol–water partition coefficient (Wildman–Crippen LogP) is 4.98. The number of carbonyl (C=O) groups excluding carboxylic acids is 1. The van der Waals surface area contributed by atoms with Crippen molar-refractivity contribution in [2.75, 3.05) is 0 Å². The highest BCUT2D eigenvalue weighted by molar-refractivity contribution is 5.95. The van der Waals surface area contributed by atoms with Crippen molar-refractivity contribution in [1.29, 1.82) is 0 Å². The summed E-state index contributed by atoms with van der Waals surface area (Å²) in [7, 11) is 0. The number of nitrogens with zero attached hydrogens (tertiary/aromatic N) is 2. The Labute approximate surface area is 187 Å². The summed E-state index contributed by atoms with van der Waals surface area (Å²) in [6.07, 6.45) is 3.99. The first-order valence-corrected chi connectivity index (χ1v) is 10.7. The molecule has 0 saturated heterocycles. The molecule has 0 aliphatic carbocycles. The summed E-state index contributed by atoms with van der Waals surface area (Å²) in [6, 6.07) is 19.9. The van der Waals surface area contributed by atoms with Crippen LogP contribution in [0.4, 0.5) is 0 Å². The Balaban J connectivity index is 1.38. The highest BCUT2D eigenvalue weighted by atomic mass is 16.5. The zero-order chi connectivity index (χ0) is 22.3. The van der Waals surface area contributed by atoms with E-state index in [0.717, 1.165) is 28.3 Å². The van der Waals surface area contributed by atoms with Crippen LogP contribution in [0.5, 0.6) is 0 Å².